The van der Waals surface area contributed by atoms with E-state index >= 15 is 0 Å². The molecular formula is C16H13N3O2S. The highest BCUT2D eigenvalue weighted by Crippen LogP contribution is 2.28. The predicted molar refractivity (Wildman–Crippen MR) is 88.0 cm³/mol. The summed E-state index contributed by atoms with van der Waals surface area (Å²) in [5, 5.41) is 3.32. The topological polar surface area (TPSA) is 63.6 Å². The minimum Gasteiger partial charge on any atom is -0.497 e. The number of aromatic nitrogens is 1. The van der Waals surface area contributed by atoms with Crippen LogP contribution in [0.2, 0.25) is 0 Å². The number of methoxy groups -OCH3 is 1. The van der Waals surface area contributed by atoms with Crippen molar-refractivity contribution in [1.82, 2.24) is 10.3 Å². The summed E-state index contributed by atoms with van der Waals surface area (Å²) in [6, 6.07) is 11.0. The number of carbonyl (C=O) groups is 1. The molecular weight excluding hydrogens is 298 g/mol. The number of amides is 1. The van der Waals surface area contributed by atoms with E-state index in [-0.39, 0.29) is 5.91 Å². The molecule has 6 heteroatoms. The van der Waals surface area contributed by atoms with Gasteiger partial charge in [0.25, 0.3) is 5.91 Å². The van der Waals surface area contributed by atoms with Crippen molar-refractivity contribution in [2.75, 3.05) is 7.11 Å². The molecule has 1 amide bonds. The van der Waals surface area contributed by atoms with E-state index in [4.69, 9.17) is 4.74 Å². The van der Waals surface area contributed by atoms with Crippen molar-refractivity contribution in [1.29, 1.82) is 0 Å². The number of benzene rings is 1. The second kappa shape index (κ2) is 6.44. The van der Waals surface area contributed by atoms with Gasteiger partial charge in [0.05, 0.1) is 17.7 Å². The quantitative estimate of drug-likeness (QED) is 0.885. The highest BCUT2D eigenvalue weighted by Gasteiger charge is 2.23. The van der Waals surface area contributed by atoms with Gasteiger partial charge in [-0.2, -0.15) is 0 Å². The molecule has 0 aliphatic carbocycles. The van der Waals surface area contributed by atoms with E-state index in [1.807, 2.05) is 36.4 Å². The van der Waals surface area contributed by atoms with Crippen LogP contribution in [0, 0.1) is 0 Å². The monoisotopic (exact) mass is 311 g/mol. The molecule has 0 unspecified atom stereocenters. The number of ether oxygens (including phenoxy) is 1. The van der Waals surface area contributed by atoms with Crippen LogP contribution in [-0.2, 0) is 4.79 Å². The maximum Gasteiger partial charge on any atom is 0.264 e. The Labute approximate surface area is 132 Å². The lowest BCUT2D eigenvalue weighted by Crippen LogP contribution is -2.19. The summed E-state index contributed by atoms with van der Waals surface area (Å²) in [7, 11) is 1.61. The second-order valence-corrected chi connectivity index (χ2v) is 5.50. The van der Waals surface area contributed by atoms with Gasteiger partial charge in [0, 0.05) is 12.4 Å². The summed E-state index contributed by atoms with van der Waals surface area (Å²) in [6.45, 7) is 0. The smallest absolute Gasteiger partial charge is 0.264 e. The molecule has 1 fully saturated rings. The van der Waals surface area contributed by atoms with Gasteiger partial charge in [-0.1, -0.05) is 6.07 Å². The first-order valence-corrected chi connectivity index (χ1v) is 7.40. The van der Waals surface area contributed by atoms with E-state index in [9.17, 15) is 4.79 Å². The molecule has 0 saturated carbocycles. The largest absolute Gasteiger partial charge is 0.497 e. The Bertz CT molecular complexity index is 740. The van der Waals surface area contributed by atoms with Crippen molar-refractivity contribution < 1.29 is 9.53 Å². The van der Waals surface area contributed by atoms with Gasteiger partial charge in [-0.15, -0.1) is 0 Å². The van der Waals surface area contributed by atoms with Crippen LogP contribution in [-0.4, -0.2) is 23.2 Å². The van der Waals surface area contributed by atoms with Crippen molar-refractivity contribution >= 4 is 34.6 Å². The molecule has 1 aromatic carbocycles. The first kappa shape index (κ1) is 14.3. The molecule has 0 atom stereocenters. The minimum absolute atomic E-state index is 0.152. The number of nitrogens with zero attached hydrogens (tertiary/aromatic N) is 2. The number of carbonyl (C=O) groups excluding carboxylic acids is 1. The predicted octanol–water partition coefficient (Wildman–Crippen LogP) is 2.98. The Kier molecular flexibility index (Phi) is 4.20. The summed E-state index contributed by atoms with van der Waals surface area (Å²) in [4.78, 5) is 21.0. The van der Waals surface area contributed by atoms with Gasteiger partial charge in [0.1, 0.15) is 5.75 Å². The summed E-state index contributed by atoms with van der Waals surface area (Å²) < 4.78 is 5.10. The molecule has 1 saturated heterocycles. The van der Waals surface area contributed by atoms with Gasteiger partial charge < -0.3 is 10.1 Å². The van der Waals surface area contributed by atoms with Crippen LogP contribution in [0.5, 0.6) is 5.75 Å². The lowest BCUT2D eigenvalue weighted by atomic mass is 10.2. The van der Waals surface area contributed by atoms with Crippen molar-refractivity contribution in [2.45, 2.75) is 0 Å². The number of pyridine rings is 1. The maximum atomic E-state index is 12.0. The zero-order valence-electron chi connectivity index (χ0n) is 11.8. The Morgan fingerprint density at radius 3 is 2.77 bits per heavy atom. The Morgan fingerprint density at radius 1 is 1.27 bits per heavy atom. The van der Waals surface area contributed by atoms with E-state index in [2.05, 4.69) is 15.3 Å². The van der Waals surface area contributed by atoms with Gasteiger partial charge in [-0.25, -0.2) is 4.99 Å². The van der Waals surface area contributed by atoms with E-state index in [1.54, 1.807) is 25.6 Å². The molecule has 2 heterocycles. The number of hydrogen-bond acceptors (Lipinski definition) is 5. The van der Waals surface area contributed by atoms with Gasteiger partial charge in [-0.3, -0.25) is 9.78 Å². The van der Waals surface area contributed by atoms with Crippen LogP contribution in [0.4, 0.5) is 5.69 Å². The number of thioether (sulfide) groups is 1. The molecule has 22 heavy (non-hydrogen) atoms. The number of aliphatic imine (C=N–C) groups is 1. The molecule has 1 aliphatic heterocycles. The third-order valence-electron chi connectivity index (χ3n) is 2.94. The zero-order chi connectivity index (χ0) is 15.4. The maximum absolute atomic E-state index is 12.0. The average molecular weight is 311 g/mol. The van der Waals surface area contributed by atoms with Crippen LogP contribution < -0.4 is 10.1 Å². The molecule has 0 radical (unpaired) electrons. The number of rotatable bonds is 3. The standard InChI is InChI=1S/C16H13N3O2S/c1-21-13-6-4-12(5-7-13)18-16-19-15(20)14(22-16)9-11-3-2-8-17-10-11/h2-10H,1H3,(H,18,19,20)/b14-9+. The third kappa shape index (κ3) is 3.35. The van der Waals surface area contributed by atoms with E-state index in [1.165, 1.54) is 11.8 Å². The molecule has 1 aromatic heterocycles. The fourth-order valence-electron chi connectivity index (χ4n) is 1.87. The molecule has 110 valence electrons. The van der Waals surface area contributed by atoms with Gasteiger partial charge in [0.15, 0.2) is 5.17 Å². The molecule has 1 N–H and O–H groups in total. The molecule has 2 aromatic rings. The van der Waals surface area contributed by atoms with Crippen LogP contribution in [0.15, 0.2) is 58.7 Å². The van der Waals surface area contributed by atoms with Crippen LogP contribution in [0.3, 0.4) is 0 Å². The number of nitrogens with one attached hydrogen (secondary N) is 1. The Balaban J connectivity index is 1.79. The van der Waals surface area contributed by atoms with Crippen molar-refractivity contribution in [3.05, 3.63) is 59.3 Å². The highest BCUT2D eigenvalue weighted by molar-refractivity contribution is 8.18. The van der Waals surface area contributed by atoms with Gasteiger partial charge in [0.2, 0.25) is 0 Å². The van der Waals surface area contributed by atoms with Gasteiger partial charge >= 0.3 is 0 Å². The van der Waals surface area contributed by atoms with Crippen molar-refractivity contribution in [3.63, 3.8) is 0 Å². The van der Waals surface area contributed by atoms with Crippen molar-refractivity contribution in [3.8, 4) is 5.75 Å². The SMILES string of the molecule is COc1ccc(N=C2NC(=O)/C(=C\c3cccnc3)S2)cc1. The fraction of sp³-hybridized carbons (Fsp3) is 0.0625. The fourth-order valence-corrected chi connectivity index (χ4v) is 2.71. The Morgan fingerprint density at radius 2 is 2.09 bits per heavy atom. The summed E-state index contributed by atoms with van der Waals surface area (Å²) in [6.07, 6.45) is 5.20. The summed E-state index contributed by atoms with van der Waals surface area (Å²) in [5.41, 5.74) is 1.64. The van der Waals surface area contributed by atoms with Crippen LogP contribution in [0.25, 0.3) is 6.08 Å². The number of hydrogen-bond donors (Lipinski definition) is 1. The van der Waals surface area contributed by atoms with E-state index in [0.717, 1.165) is 17.0 Å². The summed E-state index contributed by atoms with van der Waals surface area (Å²) in [5.74, 6) is 0.616. The second-order valence-electron chi connectivity index (χ2n) is 4.47. The van der Waals surface area contributed by atoms with Crippen molar-refractivity contribution in [2.24, 2.45) is 4.99 Å². The highest BCUT2D eigenvalue weighted by atomic mass is 32.2. The first-order chi connectivity index (χ1) is 10.7. The first-order valence-electron chi connectivity index (χ1n) is 6.58. The summed E-state index contributed by atoms with van der Waals surface area (Å²) >= 11 is 1.31. The zero-order valence-corrected chi connectivity index (χ0v) is 12.6. The number of amidine groups is 1. The molecule has 0 spiro atoms. The van der Waals surface area contributed by atoms with Crippen LogP contribution in [0.1, 0.15) is 5.56 Å². The molecule has 3 rings (SSSR count). The molecule has 5 nitrogen and oxygen atoms in total. The average Bonchev–Trinajstić information content (AvgIpc) is 2.88. The third-order valence-corrected chi connectivity index (χ3v) is 3.85. The van der Waals surface area contributed by atoms with E-state index in [0.29, 0.717) is 10.1 Å². The molecule has 0 bridgehead atoms. The van der Waals surface area contributed by atoms with Gasteiger partial charge in [-0.05, 0) is 53.7 Å². The normalized spacial score (nSPS) is 17.8. The van der Waals surface area contributed by atoms with E-state index < -0.39 is 0 Å². The lowest BCUT2D eigenvalue weighted by molar-refractivity contribution is -0.115. The lowest BCUT2D eigenvalue weighted by Gasteiger charge is -1.99. The molecule has 1 aliphatic rings. The Hall–Kier alpha value is -2.60. The minimum atomic E-state index is -0.152. The van der Waals surface area contributed by atoms with Crippen LogP contribution >= 0.6 is 11.8 Å².